The van der Waals surface area contributed by atoms with Gasteiger partial charge in [0.25, 0.3) is 17.1 Å². The predicted molar refractivity (Wildman–Crippen MR) is 134 cm³/mol. The van der Waals surface area contributed by atoms with Crippen LogP contribution in [0.2, 0.25) is 0 Å². The lowest BCUT2D eigenvalue weighted by atomic mass is 10.0. The molecule has 0 spiro atoms. The van der Waals surface area contributed by atoms with Crippen molar-refractivity contribution < 1.29 is 14.8 Å². The Morgan fingerprint density at radius 3 is 1.22 bits per heavy atom. The number of H-pyrrole nitrogens is 3. The van der Waals surface area contributed by atoms with Gasteiger partial charge in [-0.2, -0.15) is 0 Å². The van der Waals surface area contributed by atoms with Crippen molar-refractivity contribution in [1.82, 2.24) is 15.0 Å². The van der Waals surface area contributed by atoms with Crippen molar-refractivity contribution in [2.45, 2.75) is 0 Å². The second-order valence-corrected chi connectivity index (χ2v) is 8.59. The normalized spacial score (nSPS) is 12.0. The third-order valence-electron chi connectivity index (χ3n) is 6.73. The maximum absolute atomic E-state index is 11.4. The molecule has 0 saturated carbocycles. The van der Waals surface area contributed by atoms with Crippen LogP contribution in [0, 0.1) is 30.3 Å². The molecule has 0 aliphatic rings. The van der Waals surface area contributed by atoms with Gasteiger partial charge in [0.15, 0.2) is 0 Å². The van der Waals surface area contributed by atoms with E-state index in [1.807, 2.05) is 0 Å². The standard InChI is InChI=1S/C24H12N6O6/c31-28(32)10-1-4-13-16(7-10)25-22-19(13)20-14-5-2-11(29(33)34)8-17(14)26-23(20)24-21(22)15-6-3-12(30(35)36)9-18(15)27-24/h1-9,25-27H. The molecule has 0 fully saturated rings. The molecule has 0 aliphatic carbocycles. The van der Waals surface area contributed by atoms with Crippen LogP contribution in [-0.2, 0) is 0 Å². The molecule has 0 unspecified atom stereocenters. The summed E-state index contributed by atoms with van der Waals surface area (Å²) in [5.74, 6) is 0. The number of rotatable bonds is 3. The number of benzene rings is 4. The minimum Gasteiger partial charge on any atom is -0.354 e. The zero-order valence-electron chi connectivity index (χ0n) is 18.0. The van der Waals surface area contributed by atoms with Crippen molar-refractivity contribution in [3.63, 3.8) is 0 Å². The zero-order valence-corrected chi connectivity index (χ0v) is 18.0. The number of fused-ring (bicyclic) bond motifs is 12. The first-order chi connectivity index (χ1) is 17.3. The van der Waals surface area contributed by atoms with E-state index in [0.29, 0.717) is 33.1 Å². The van der Waals surface area contributed by atoms with Gasteiger partial charge in [-0.05, 0) is 18.2 Å². The Labute approximate surface area is 197 Å². The SMILES string of the molecule is O=[N+]([O-])c1ccc2c(c1)[nH]c1c3[nH]c4cc([N+](=O)[O-])ccc4c3c3c4ccc([N+](=O)[O-])cc4[nH]c3c21. The monoisotopic (exact) mass is 480 g/mol. The molecule has 4 aromatic carbocycles. The first-order valence-electron chi connectivity index (χ1n) is 10.7. The lowest BCUT2D eigenvalue weighted by molar-refractivity contribution is -0.384. The van der Waals surface area contributed by atoms with Crippen molar-refractivity contribution >= 4 is 82.5 Å². The molecule has 7 aromatic rings. The number of nitrogens with one attached hydrogen (secondary N) is 3. The van der Waals surface area contributed by atoms with E-state index < -0.39 is 14.8 Å². The number of aromatic nitrogens is 3. The van der Waals surface area contributed by atoms with E-state index in [0.717, 1.165) is 32.3 Å². The maximum atomic E-state index is 11.4. The highest BCUT2D eigenvalue weighted by Crippen LogP contribution is 2.45. The Hall–Kier alpha value is -5.52. The van der Waals surface area contributed by atoms with Gasteiger partial charge in [-0.25, -0.2) is 0 Å². The van der Waals surface area contributed by atoms with Gasteiger partial charge >= 0.3 is 0 Å². The number of nitrogens with zero attached hydrogens (tertiary/aromatic N) is 3. The summed E-state index contributed by atoms with van der Waals surface area (Å²) in [5.41, 5.74) is 3.48. The summed E-state index contributed by atoms with van der Waals surface area (Å²) in [6.45, 7) is 0. The fourth-order valence-electron chi connectivity index (χ4n) is 5.24. The van der Waals surface area contributed by atoms with Gasteiger partial charge in [-0.3, -0.25) is 30.3 Å². The molecule has 0 amide bonds. The number of nitro benzene ring substituents is 3. The van der Waals surface area contributed by atoms with Crippen molar-refractivity contribution in [2.75, 3.05) is 0 Å². The Bertz CT molecular complexity index is 2150. The molecule has 12 heteroatoms. The third-order valence-corrected chi connectivity index (χ3v) is 6.73. The van der Waals surface area contributed by atoms with Crippen LogP contribution in [-0.4, -0.2) is 29.7 Å². The highest BCUT2D eigenvalue weighted by molar-refractivity contribution is 6.39. The van der Waals surface area contributed by atoms with Gasteiger partial charge in [0.2, 0.25) is 0 Å². The summed E-state index contributed by atoms with van der Waals surface area (Å²) < 4.78 is 0. The van der Waals surface area contributed by atoms with E-state index in [-0.39, 0.29) is 17.1 Å². The van der Waals surface area contributed by atoms with E-state index in [1.54, 1.807) is 18.2 Å². The summed E-state index contributed by atoms with van der Waals surface area (Å²) in [6.07, 6.45) is 0. The smallest absolute Gasteiger partial charge is 0.271 e. The maximum Gasteiger partial charge on any atom is 0.271 e. The van der Waals surface area contributed by atoms with Gasteiger partial charge in [0.05, 0.1) is 47.9 Å². The van der Waals surface area contributed by atoms with Crippen molar-refractivity contribution in [3.8, 4) is 0 Å². The molecule has 0 atom stereocenters. The molecule has 0 saturated heterocycles. The average Bonchev–Trinajstić information content (AvgIpc) is 3.53. The summed E-state index contributed by atoms with van der Waals surface area (Å²) in [5, 5.41) is 38.7. The third kappa shape index (κ3) is 2.46. The Morgan fingerprint density at radius 2 is 0.806 bits per heavy atom. The molecule has 0 aliphatic heterocycles. The zero-order chi connectivity index (χ0) is 24.9. The number of aromatic amines is 3. The molecule has 12 nitrogen and oxygen atoms in total. The molecule has 36 heavy (non-hydrogen) atoms. The second kappa shape index (κ2) is 6.54. The molecule has 174 valence electrons. The van der Waals surface area contributed by atoms with Crippen LogP contribution in [0.25, 0.3) is 65.4 Å². The minimum absolute atomic E-state index is 0.0642. The molecule has 3 heterocycles. The number of nitro groups is 3. The van der Waals surface area contributed by atoms with Crippen LogP contribution < -0.4 is 0 Å². The van der Waals surface area contributed by atoms with Crippen LogP contribution >= 0.6 is 0 Å². The molecule has 0 radical (unpaired) electrons. The summed E-state index contributed by atoms with van der Waals surface area (Å²) >= 11 is 0. The molecule has 3 aromatic heterocycles. The van der Waals surface area contributed by atoms with Crippen LogP contribution in [0.5, 0.6) is 0 Å². The average molecular weight is 480 g/mol. The lowest BCUT2D eigenvalue weighted by Crippen LogP contribution is -1.86. The van der Waals surface area contributed by atoms with Crippen LogP contribution in [0.4, 0.5) is 17.1 Å². The van der Waals surface area contributed by atoms with Crippen LogP contribution in [0.3, 0.4) is 0 Å². The van der Waals surface area contributed by atoms with Gasteiger partial charge < -0.3 is 15.0 Å². The Kier molecular flexibility index (Phi) is 3.61. The number of hydrogen-bond acceptors (Lipinski definition) is 6. The van der Waals surface area contributed by atoms with E-state index in [4.69, 9.17) is 0 Å². The van der Waals surface area contributed by atoms with Gasteiger partial charge in [-0.1, -0.05) is 0 Å². The Balaban J connectivity index is 1.75. The summed E-state index contributed by atoms with van der Waals surface area (Å²) in [4.78, 5) is 42.6. The number of non-ortho nitro benzene ring substituents is 3. The van der Waals surface area contributed by atoms with Crippen LogP contribution in [0.15, 0.2) is 54.6 Å². The van der Waals surface area contributed by atoms with Crippen molar-refractivity contribution in [3.05, 3.63) is 84.9 Å². The summed E-state index contributed by atoms with van der Waals surface area (Å²) in [7, 11) is 0. The van der Waals surface area contributed by atoms with E-state index in [2.05, 4.69) is 15.0 Å². The first-order valence-corrected chi connectivity index (χ1v) is 10.7. The summed E-state index contributed by atoms with van der Waals surface area (Å²) in [6, 6.07) is 13.7. The van der Waals surface area contributed by atoms with Gasteiger partial charge in [0.1, 0.15) is 0 Å². The van der Waals surface area contributed by atoms with Gasteiger partial charge in [-0.15, -0.1) is 0 Å². The minimum atomic E-state index is -0.472. The molecule has 7 rings (SSSR count). The highest BCUT2D eigenvalue weighted by Gasteiger charge is 2.23. The quantitative estimate of drug-likeness (QED) is 0.197. The van der Waals surface area contributed by atoms with E-state index in [9.17, 15) is 30.3 Å². The van der Waals surface area contributed by atoms with E-state index >= 15 is 0 Å². The fraction of sp³-hybridized carbons (Fsp3) is 0. The topological polar surface area (TPSA) is 177 Å². The second-order valence-electron chi connectivity index (χ2n) is 8.59. The molecular formula is C24H12N6O6. The van der Waals surface area contributed by atoms with E-state index in [1.165, 1.54) is 36.4 Å². The molecule has 0 bridgehead atoms. The molecule has 3 N–H and O–H groups in total. The highest BCUT2D eigenvalue weighted by atomic mass is 16.6. The van der Waals surface area contributed by atoms with Crippen molar-refractivity contribution in [1.29, 1.82) is 0 Å². The molecular weight excluding hydrogens is 468 g/mol. The number of hydrogen-bond donors (Lipinski definition) is 3. The van der Waals surface area contributed by atoms with Crippen LogP contribution in [0.1, 0.15) is 0 Å². The predicted octanol–water partition coefficient (Wildman–Crippen LogP) is 6.31. The van der Waals surface area contributed by atoms with Gasteiger partial charge in [0, 0.05) is 68.7 Å². The first kappa shape index (κ1) is 19.9. The largest absolute Gasteiger partial charge is 0.354 e. The lowest BCUT2D eigenvalue weighted by Gasteiger charge is -2.01. The van der Waals surface area contributed by atoms with Crippen molar-refractivity contribution in [2.24, 2.45) is 0 Å². The Morgan fingerprint density at radius 1 is 0.472 bits per heavy atom. The fourth-order valence-corrected chi connectivity index (χ4v) is 5.24.